The summed E-state index contributed by atoms with van der Waals surface area (Å²) in [4.78, 5) is 23.5. The van der Waals surface area contributed by atoms with E-state index in [9.17, 15) is 9.59 Å². The lowest BCUT2D eigenvalue weighted by Gasteiger charge is -2.16. The minimum Gasteiger partial charge on any atom is -0.467 e. The zero-order valence-corrected chi connectivity index (χ0v) is 12.5. The van der Waals surface area contributed by atoms with E-state index < -0.39 is 12.0 Å². The fourth-order valence-corrected chi connectivity index (χ4v) is 1.70. The Bertz CT molecular complexity index is 412. The first-order valence-electron chi connectivity index (χ1n) is 6.25. The van der Waals surface area contributed by atoms with E-state index in [4.69, 9.17) is 4.74 Å². The van der Waals surface area contributed by atoms with Crippen molar-refractivity contribution in [1.29, 1.82) is 0 Å². The molecule has 1 aromatic carbocycles. The molecule has 0 saturated heterocycles. The molecular formula is C14H21ClN2O3. The van der Waals surface area contributed by atoms with Crippen LogP contribution in [0.5, 0.6) is 0 Å². The summed E-state index contributed by atoms with van der Waals surface area (Å²) in [5, 5.41) is 5.67. The second-order valence-corrected chi connectivity index (χ2v) is 4.14. The van der Waals surface area contributed by atoms with Gasteiger partial charge in [0.1, 0.15) is 0 Å². The maximum absolute atomic E-state index is 11.8. The number of nitrogens with one attached hydrogen (secondary N) is 2. The van der Waals surface area contributed by atoms with E-state index in [1.165, 1.54) is 7.11 Å². The Morgan fingerprint density at radius 1 is 1.25 bits per heavy atom. The van der Waals surface area contributed by atoms with Crippen molar-refractivity contribution in [2.75, 3.05) is 20.7 Å². The summed E-state index contributed by atoms with van der Waals surface area (Å²) >= 11 is 0. The first kappa shape index (κ1) is 18.4. The van der Waals surface area contributed by atoms with Crippen LogP contribution in [0.1, 0.15) is 24.4 Å². The van der Waals surface area contributed by atoms with Gasteiger partial charge in [0.05, 0.1) is 7.11 Å². The lowest BCUT2D eigenvalue weighted by atomic mass is 10.1. The molecule has 5 nitrogen and oxygen atoms in total. The molecule has 6 heteroatoms. The summed E-state index contributed by atoms with van der Waals surface area (Å²) in [5.41, 5.74) is 0.719. The Labute approximate surface area is 125 Å². The molecule has 1 rings (SSSR count). The first-order chi connectivity index (χ1) is 9.19. The first-order valence-corrected chi connectivity index (χ1v) is 6.25. The predicted molar refractivity (Wildman–Crippen MR) is 79.8 cm³/mol. The van der Waals surface area contributed by atoms with Gasteiger partial charge in [0.2, 0.25) is 5.91 Å². The molecule has 0 fully saturated rings. The van der Waals surface area contributed by atoms with Crippen LogP contribution in [0, 0.1) is 0 Å². The Morgan fingerprint density at radius 2 is 1.90 bits per heavy atom. The van der Waals surface area contributed by atoms with Crippen molar-refractivity contribution in [1.82, 2.24) is 10.6 Å². The number of ether oxygens (including phenoxy) is 1. The molecule has 0 aliphatic heterocycles. The van der Waals surface area contributed by atoms with Gasteiger partial charge >= 0.3 is 5.97 Å². The van der Waals surface area contributed by atoms with Crippen molar-refractivity contribution < 1.29 is 14.3 Å². The zero-order chi connectivity index (χ0) is 14.1. The molecule has 1 atom stereocenters. The standard InChI is InChI=1S/C14H20N2O3.ClH/c1-15-10-6-9-12(17)16-13(14(18)19-2)11-7-4-3-5-8-11;/h3-5,7-8,13,15H,6,9-10H2,1-2H3,(H,16,17);1H. The molecule has 2 N–H and O–H groups in total. The third kappa shape index (κ3) is 6.04. The third-order valence-corrected chi connectivity index (χ3v) is 2.71. The number of halogens is 1. The molecule has 1 unspecified atom stereocenters. The maximum Gasteiger partial charge on any atom is 0.333 e. The molecule has 1 aromatic rings. The van der Waals surface area contributed by atoms with Crippen LogP contribution in [0.3, 0.4) is 0 Å². The van der Waals surface area contributed by atoms with E-state index in [0.717, 1.165) is 18.5 Å². The summed E-state index contributed by atoms with van der Waals surface area (Å²) in [5.74, 6) is -0.623. The number of hydrogen-bond acceptors (Lipinski definition) is 4. The van der Waals surface area contributed by atoms with Gasteiger partial charge in [-0.2, -0.15) is 0 Å². The van der Waals surface area contributed by atoms with Crippen molar-refractivity contribution in [3.63, 3.8) is 0 Å². The normalized spacial score (nSPS) is 11.1. The molecule has 0 aromatic heterocycles. The Kier molecular flexibility index (Phi) is 9.41. The van der Waals surface area contributed by atoms with Gasteiger partial charge < -0.3 is 15.4 Å². The van der Waals surface area contributed by atoms with Gasteiger partial charge in [-0.15, -0.1) is 12.4 Å². The average Bonchev–Trinajstić information content (AvgIpc) is 2.45. The summed E-state index contributed by atoms with van der Waals surface area (Å²) in [6, 6.07) is 8.32. The van der Waals surface area contributed by atoms with Crippen LogP contribution >= 0.6 is 12.4 Å². The van der Waals surface area contributed by atoms with Crippen molar-refractivity contribution in [2.24, 2.45) is 0 Å². The molecular weight excluding hydrogens is 280 g/mol. The van der Waals surface area contributed by atoms with Gasteiger partial charge in [0, 0.05) is 6.42 Å². The number of benzene rings is 1. The molecule has 0 bridgehead atoms. The van der Waals surface area contributed by atoms with Crippen LogP contribution in [0.4, 0.5) is 0 Å². The second-order valence-electron chi connectivity index (χ2n) is 4.14. The monoisotopic (exact) mass is 300 g/mol. The van der Waals surface area contributed by atoms with Crippen molar-refractivity contribution in [2.45, 2.75) is 18.9 Å². The highest BCUT2D eigenvalue weighted by Crippen LogP contribution is 2.14. The fraction of sp³-hybridized carbons (Fsp3) is 0.429. The lowest BCUT2D eigenvalue weighted by molar-refractivity contribution is -0.145. The van der Waals surface area contributed by atoms with Crippen LogP contribution in [0.2, 0.25) is 0 Å². The SMILES string of the molecule is CNCCCC(=O)NC(C(=O)OC)c1ccccc1.Cl. The van der Waals surface area contributed by atoms with E-state index in [0.29, 0.717) is 6.42 Å². The molecule has 0 aliphatic carbocycles. The minimum absolute atomic E-state index is 0. The quantitative estimate of drug-likeness (QED) is 0.591. The third-order valence-electron chi connectivity index (χ3n) is 2.71. The van der Waals surface area contributed by atoms with Crippen LogP contribution in [0.25, 0.3) is 0 Å². The Balaban J connectivity index is 0.00000361. The predicted octanol–water partition coefficient (Wildman–Crippen LogP) is 1.44. The van der Waals surface area contributed by atoms with Gasteiger partial charge in [0.15, 0.2) is 6.04 Å². The van der Waals surface area contributed by atoms with Crippen LogP contribution < -0.4 is 10.6 Å². The molecule has 112 valence electrons. The molecule has 0 aliphatic rings. The Morgan fingerprint density at radius 3 is 2.45 bits per heavy atom. The zero-order valence-electron chi connectivity index (χ0n) is 11.7. The molecule has 20 heavy (non-hydrogen) atoms. The highest BCUT2D eigenvalue weighted by atomic mass is 35.5. The summed E-state index contributed by atoms with van der Waals surface area (Å²) in [7, 11) is 3.14. The Hall–Kier alpha value is -1.59. The average molecular weight is 301 g/mol. The molecule has 0 heterocycles. The summed E-state index contributed by atoms with van der Waals surface area (Å²) in [6.07, 6.45) is 1.10. The molecule has 0 spiro atoms. The topological polar surface area (TPSA) is 67.4 Å². The molecule has 1 amide bonds. The van der Waals surface area contributed by atoms with E-state index >= 15 is 0 Å². The van der Waals surface area contributed by atoms with Crippen LogP contribution in [-0.2, 0) is 14.3 Å². The van der Waals surface area contributed by atoms with Crippen LogP contribution in [-0.4, -0.2) is 32.6 Å². The van der Waals surface area contributed by atoms with Crippen molar-refractivity contribution in [3.8, 4) is 0 Å². The highest BCUT2D eigenvalue weighted by molar-refractivity contribution is 5.85. The number of carbonyl (C=O) groups is 2. The molecule has 0 radical (unpaired) electrons. The fourth-order valence-electron chi connectivity index (χ4n) is 1.70. The van der Waals surface area contributed by atoms with Gasteiger partial charge in [-0.3, -0.25) is 4.79 Å². The van der Waals surface area contributed by atoms with Crippen molar-refractivity contribution >= 4 is 24.3 Å². The summed E-state index contributed by atoms with van der Waals surface area (Å²) < 4.78 is 4.73. The highest BCUT2D eigenvalue weighted by Gasteiger charge is 2.22. The number of amides is 1. The number of esters is 1. The van der Waals surface area contributed by atoms with Gasteiger partial charge in [-0.25, -0.2) is 4.79 Å². The summed E-state index contributed by atoms with van der Waals surface area (Å²) in [6.45, 7) is 0.766. The van der Waals surface area contributed by atoms with Gasteiger partial charge in [-0.1, -0.05) is 30.3 Å². The number of methoxy groups -OCH3 is 1. The van der Waals surface area contributed by atoms with E-state index in [-0.39, 0.29) is 18.3 Å². The van der Waals surface area contributed by atoms with E-state index in [1.54, 1.807) is 12.1 Å². The lowest BCUT2D eigenvalue weighted by Crippen LogP contribution is -2.34. The van der Waals surface area contributed by atoms with Crippen LogP contribution in [0.15, 0.2) is 30.3 Å². The number of carbonyl (C=O) groups excluding carboxylic acids is 2. The van der Waals surface area contributed by atoms with E-state index in [1.807, 2.05) is 25.2 Å². The van der Waals surface area contributed by atoms with Gasteiger partial charge in [0.25, 0.3) is 0 Å². The maximum atomic E-state index is 11.8. The van der Waals surface area contributed by atoms with Gasteiger partial charge in [-0.05, 0) is 25.6 Å². The number of rotatable bonds is 7. The van der Waals surface area contributed by atoms with Crippen molar-refractivity contribution in [3.05, 3.63) is 35.9 Å². The largest absolute Gasteiger partial charge is 0.467 e. The second kappa shape index (κ2) is 10.2. The number of hydrogen-bond donors (Lipinski definition) is 2. The van der Waals surface area contributed by atoms with E-state index in [2.05, 4.69) is 10.6 Å². The molecule has 0 saturated carbocycles. The minimum atomic E-state index is -0.742. The smallest absolute Gasteiger partial charge is 0.333 e.